The van der Waals surface area contributed by atoms with E-state index in [0.29, 0.717) is 11.4 Å². The third-order valence-corrected chi connectivity index (χ3v) is 4.66. The maximum absolute atomic E-state index is 12.4. The zero-order valence-electron chi connectivity index (χ0n) is 17.4. The van der Waals surface area contributed by atoms with Crippen LogP contribution in [-0.2, 0) is 19.1 Å². The molecule has 2 aromatic rings. The van der Waals surface area contributed by atoms with Crippen molar-refractivity contribution in [3.05, 3.63) is 54.1 Å². The molecule has 3 rings (SSSR count). The Bertz CT molecular complexity index is 906. The summed E-state index contributed by atoms with van der Waals surface area (Å²) in [6.45, 7) is 5.66. The van der Waals surface area contributed by atoms with Crippen LogP contribution in [0.3, 0.4) is 0 Å². The quantitative estimate of drug-likeness (QED) is 0.708. The molecule has 0 aromatic heterocycles. The lowest BCUT2D eigenvalue weighted by atomic mass is 10.1. The normalized spacial score (nSPS) is 15.9. The highest BCUT2D eigenvalue weighted by atomic mass is 16.5. The van der Waals surface area contributed by atoms with Crippen molar-refractivity contribution in [1.29, 1.82) is 0 Å². The first-order valence-corrected chi connectivity index (χ1v) is 9.92. The molecule has 0 aliphatic carbocycles. The van der Waals surface area contributed by atoms with Gasteiger partial charge < -0.3 is 19.7 Å². The smallest absolute Gasteiger partial charge is 0.311 e. The largest absolute Gasteiger partial charge is 0.491 e. The number of hydrogen-bond donors (Lipinski definition) is 1. The van der Waals surface area contributed by atoms with Crippen LogP contribution in [0.4, 0.5) is 11.4 Å². The minimum atomic E-state index is -0.601. The summed E-state index contributed by atoms with van der Waals surface area (Å²) in [5, 5.41) is 2.67. The second-order valence-electron chi connectivity index (χ2n) is 7.59. The molecule has 2 amide bonds. The van der Waals surface area contributed by atoms with Crippen LogP contribution in [0.2, 0.25) is 0 Å². The van der Waals surface area contributed by atoms with E-state index in [1.165, 1.54) is 0 Å². The van der Waals surface area contributed by atoms with E-state index in [0.717, 1.165) is 11.3 Å². The molecule has 0 bridgehead atoms. The first kappa shape index (κ1) is 21.4. The molecule has 1 fully saturated rings. The Morgan fingerprint density at radius 3 is 2.40 bits per heavy atom. The van der Waals surface area contributed by atoms with E-state index in [1.54, 1.807) is 41.3 Å². The average molecular weight is 410 g/mol. The Hall–Kier alpha value is -3.35. The highest BCUT2D eigenvalue weighted by molar-refractivity contribution is 6.00. The number of nitrogens with one attached hydrogen (secondary N) is 1. The van der Waals surface area contributed by atoms with Gasteiger partial charge in [-0.3, -0.25) is 14.4 Å². The summed E-state index contributed by atoms with van der Waals surface area (Å²) in [5.41, 5.74) is 2.41. The summed E-state index contributed by atoms with van der Waals surface area (Å²) in [4.78, 5) is 38.3. The van der Waals surface area contributed by atoms with Gasteiger partial charge in [-0.05, 0) is 57.2 Å². The van der Waals surface area contributed by atoms with Gasteiger partial charge in [0.1, 0.15) is 5.75 Å². The summed E-state index contributed by atoms with van der Waals surface area (Å²) >= 11 is 0. The topological polar surface area (TPSA) is 84.9 Å². The number of nitrogens with zero attached hydrogens (tertiary/aromatic N) is 1. The molecule has 2 aromatic carbocycles. The molecular weight excluding hydrogens is 384 g/mol. The molecule has 1 aliphatic heterocycles. The highest BCUT2D eigenvalue weighted by Crippen LogP contribution is 2.27. The summed E-state index contributed by atoms with van der Waals surface area (Å²) in [6.07, 6.45) is 0.120. The second-order valence-corrected chi connectivity index (χ2v) is 7.59. The first-order chi connectivity index (χ1) is 14.3. The van der Waals surface area contributed by atoms with Crippen molar-refractivity contribution in [1.82, 2.24) is 0 Å². The molecule has 1 atom stereocenters. The van der Waals surface area contributed by atoms with Gasteiger partial charge in [0.15, 0.2) is 6.61 Å². The van der Waals surface area contributed by atoms with Crippen LogP contribution in [0.15, 0.2) is 48.5 Å². The monoisotopic (exact) mass is 410 g/mol. The molecule has 1 heterocycles. The third-order valence-electron chi connectivity index (χ3n) is 4.66. The Kier molecular flexibility index (Phi) is 6.72. The summed E-state index contributed by atoms with van der Waals surface area (Å²) in [5.74, 6) is -1.01. The van der Waals surface area contributed by atoms with E-state index in [4.69, 9.17) is 9.47 Å². The van der Waals surface area contributed by atoms with Crippen molar-refractivity contribution in [2.45, 2.75) is 33.3 Å². The lowest BCUT2D eigenvalue weighted by Gasteiger charge is -2.17. The Morgan fingerprint density at radius 2 is 1.77 bits per heavy atom. The number of carbonyl (C=O) groups excluding carboxylic acids is 3. The number of benzene rings is 2. The highest BCUT2D eigenvalue weighted by Gasteiger charge is 2.36. The second kappa shape index (κ2) is 9.43. The van der Waals surface area contributed by atoms with Gasteiger partial charge in [-0.1, -0.05) is 17.7 Å². The van der Waals surface area contributed by atoms with Crippen molar-refractivity contribution in [3.8, 4) is 5.75 Å². The van der Waals surface area contributed by atoms with Crippen molar-refractivity contribution in [2.75, 3.05) is 23.4 Å². The average Bonchev–Trinajstić information content (AvgIpc) is 3.10. The molecule has 1 aliphatic rings. The third kappa shape index (κ3) is 5.59. The molecular formula is C23H26N2O5. The van der Waals surface area contributed by atoms with Crippen molar-refractivity contribution in [3.63, 3.8) is 0 Å². The van der Waals surface area contributed by atoms with Crippen LogP contribution in [0.25, 0.3) is 0 Å². The van der Waals surface area contributed by atoms with E-state index in [-0.39, 0.29) is 25.0 Å². The van der Waals surface area contributed by atoms with Crippen LogP contribution >= 0.6 is 0 Å². The zero-order valence-corrected chi connectivity index (χ0v) is 17.4. The van der Waals surface area contributed by atoms with Gasteiger partial charge in [0.25, 0.3) is 5.91 Å². The summed E-state index contributed by atoms with van der Waals surface area (Å²) in [7, 11) is 0. The minimum absolute atomic E-state index is 0.0582. The number of anilines is 2. The number of rotatable bonds is 7. The molecule has 7 nitrogen and oxygen atoms in total. The maximum Gasteiger partial charge on any atom is 0.311 e. The van der Waals surface area contributed by atoms with Gasteiger partial charge in [0.2, 0.25) is 5.91 Å². The first-order valence-electron chi connectivity index (χ1n) is 9.92. The number of carbonyl (C=O) groups is 3. The molecule has 30 heavy (non-hydrogen) atoms. The van der Waals surface area contributed by atoms with E-state index >= 15 is 0 Å². The number of amides is 2. The number of esters is 1. The van der Waals surface area contributed by atoms with Crippen molar-refractivity contribution >= 4 is 29.2 Å². The zero-order chi connectivity index (χ0) is 21.7. The molecule has 1 N–H and O–H groups in total. The van der Waals surface area contributed by atoms with Crippen molar-refractivity contribution in [2.24, 2.45) is 5.92 Å². The predicted octanol–water partition coefficient (Wildman–Crippen LogP) is 3.32. The fraction of sp³-hybridized carbons (Fsp3) is 0.348. The van der Waals surface area contributed by atoms with E-state index in [1.807, 2.05) is 32.9 Å². The molecule has 1 saturated heterocycles. The van der Waals surface area contributed by atoms with Crippen LogP contribution in [-0.4, -0.2) is 37.0 Å². The Labute approximate surface area is 176 Å². The molecule has 0 unspecified atom stereocenters. The fourth-order valence-electron chi connectivity index (χ4n) is 3.18. The van der Waals surface area contributed by atoms with Crippen molar-refractivity contribution < 1.29 is 23.9 Å². The van der Waals surface area contributed by atoms with Gasteiger partial charge in [-0.15, -0.1) is 0 Å². The maximum atomic E-state index is 12.4. The lowest BCUT2D eigenvalue weighted by molar-refractivity contribution is -0.151. The summed E-state index contributed by atoms with van der Waals surface area (Å²) in [6, 6.07) is 14.5. The SMILES string of the molecule is Cc1ccc(NC(=O)COC(=O)[C@@H]2CC(=O)N(c3ccc(OC(C)C)cc3)C2)cc1. The van der Waals surface area contributed by atoms with Crippen LogP contribution in [0, 0.1) is 12.8 Å². The number of aryl methyl sites for hydroxylation is 1. The molecule has 0 saturated carbocycles. The molecule has 0 spiro atoms. The standard InChI is InChI=1S/C23H26N2O5/c1-15(2)30-20-10-8-19(9-11-20)25-13-17(12-22(25)27)23(28)29-14-21(26)24-18-6-4-16(3)5-7-18/h4-11,15,17H,12-14H2,1-3H3,(H,24,26)/t17-/m1/s1. The van der Waals surface area contributed by atoms with E-state index in [9.17, 15) is 14.4 Å². The Balaban J connectivity index is 1.50. The van der Waals surface area contributed by atoms with E-state index in [2.05, 4.69) is 5.32 Å². The summed E-state index contributed by atoms with van der Waals surface area (Å²) < 4.78 is 10.7. The number of ether oxygens (including phenoxy) is 2. The van der Waals surface area contributed by atoms with E-state index < -0.39 is 24.4 Å². The predicted molar refractivity (Wildman–Crippen MR) is 113 cm³/mol. The molecule has 158 valence electrons. The van der Waals surface area contributed by atoms with Gasteiger partial charge in [-0.25, -0.2) is 0 Å². The van der Waals surface area contributed by atoms with Crippen LogP contribution < -0.4 is 15.0 Å². The van der Waals surface area contributed by atoms with Gasteiger partial charge >= 0.3 is 5.97 Å². The molecule has 0 radical (unpaired) electrons. The Morgan fingerprint density at radius 1 is 1.10 bits per heavy atom. The molecule has 7 heteroatoms. The van der Waals surface area contributed by atoms with Gasteiger partial charge in [0.05, 0.1) is 12.0 Å². The fourth-order valence-corrected chi connectivity index (χ4v) is 3.18. The lowest BCUT2D eigenvalue weighted by Crippen LogP contribution is -2.28. The van der Waals surface area contributed by atoms with Crippen LogP contribution in [0.1, 0.15) is 25.8 Å². The number of hydrogen-bond acceptors (Lipinski definition) is 5. The van der Waals surface area contributed by atoms with Gasteiger partial charge in [0, 0.05) is 24.3 Å². The van der Waals surface area contributed by atoms with Gasteiger partial charge in [-0.2, -0.15) is 0 Å². The van der Waals surface area contributed by atoms with Crippen LogP contribution in [0.5, 0.6) is 5.75 Å². The minimum Gasteiger partial charge on any atom is -0.491 e.